The number of carbonyl (C=O) groups is 3. The lowest BCUT2D eigenvalue weighted by Crippen LogP contribution is -2.32. The standard InChI is InChI=1S/C24H21N3O4/c1-2-17-8-12-20(13-9-17)26-22(28)23(29)27-25-16-18-10-14-21(15-11-18)31-24(30)19-6-4-3-5-7-19/h3-16H,2H2,1H3,(H,26,28)(H,27,29)/b25-16-. The van der Waals surface area contributed by atoms with E-state index in [9.17, 15) is 14.4 Å². The highest BCUT2D eigenvalue weighted by atomic mass is 16.5. The number of amides is 2. The predicted octanol–water partition coefficient (Wildman–Crippen LogP) is 3.56. The third-order valence-corrected chi connectivity index (χ3v) is 4.31. The van der Waals surface area contributed by atoms with Crippen LogP contribution in [-0.4, -0.2) is 24.0 Å². The molecule has 0 saturated carbocycles. The number of hydrogen-bond donors (Lipinski definition) is 2. The lowest BCUT2D eigenvalue weighted by atomic mass is 10.1. The minimum absolute atomic E-state index is 0.378. The van der Waals surface area contributed by atoms with E-state index in [-0.39, 0.29) is 0 Å². The molecule has 7 heteroatoms. The first-order chi connectivity index (χ1) is 15.0. The van der Waals surface area contributed by atoms with E-state index in [1.54, 1.807) is 60.7 Å². The second-order valence-electron chi connectivity index (χ2n) is 6.53. The van der Waals surface area contributed by atoms with E-state index in [0.29, 0.717) is 22.6 Å². The van der Waals surface area contributed by atoms with Gasteiger partial charge in [-0.15, -0.1) is 0 Å². The molecule has 0 aliphatic carbocycles. The summed E-state index contributed by atoms with van der Waals surface area (Å²) in [6.07, 6.45) is 2.27. The second kappa shape index (κ2) is 10.5. The van der Waals surface area contributed by atoms with Crippen LogP contribution < -0.4 is 15.5 Å². The van der Waals surface area contributed by atoms with E-state index in [2.05, 4.69) is 15.8 Å². The average Bonchev–Trinajstić information content (AvgIpc) is 2.81. The Labute approximate surface area is 179 Å². The smallest absolute Gasteiger partial charge is 0.343 e. The molecular weight excluding hydrogens is 394 g/mol. The Kier molecular flexibility index (Phi) is 7.26. The van der Waals surface area contributed by atoms with Crippen LogP contribution in [0.3, 0.4) is 0 Å². The van der Waals surface area contributed by atoms with E-state index >= 15 is 0 Å². The molecule has 0 aliphatic rings. The van der Waals surface area contributed by atoms with Crippen LogP contribution in [0, 0.1) is 0 Å². The Morgan fingerprint density at radius 1 is 0.871 bits per heavy atom. The number of anilines is 1. The zero-order valence-corrected chi connectivity index (χ0v) is 16.9. The molecule has 0 bridgehead atoms. The van der Waals surface area contributed by atoms with Crippen LogP contribution in [0.15, 0.2) is 84.0 Å². The van der Waals surface area contributed by atoms with Crippen LogP contribution in [0.2, 0.25) is 0 Å². The molecule has 2 N–H and O–H groups in total. The summed E-state index contributed by atoms with van der Waals surface area (Å²) in [7, 11) is 0. The fraction of sp³-hybridized carbons (Fsp3) is 0.0833. The van der Waals surface area contributed by atoms with Crippen molar-refractivity contribution < 1.29 is 19.1 Å². The largest absolute Gasteiger partial charge is 0.423 e. The summed E-state index contributed by atoms with van der Waals surface area (Å²) in [6.45, 7) is 2.03. The third kappa shape index (κ3) is 6.37. The van der Waals surface area contributed by atoms with Gasteiger partial charge in [0.1, 0.15) is 5.75 Å². The zero-order chi connectivity index (χ0) is 22.1. The van der Waals surface area contributed by atoms with Gasteiger partial charge in [0.15, 0.2) is 0 Å². The van der Waals surface area contributed by atoms with Gasteiger partial charge in [-0.1, -0.05) is 37.3 Å². The molecule has 3 rings (SSSR count). The Morgan fingerprint density at radius 2 is 1.55 bits per heavy atom. The van der Waals surface area contributed by atoms with Gasteiger partial charge in [0.25, 0.3) is 0 Å². The highest BCUT2D eigenvalue weighted by molar-refractivity contribution is 6.39. The van der Waals surface area contributed by atoms with E-state index in [4.69, 9.17) is 4.74 Å². The summed E-state index contributed by atoms with van der Waals surface area (Å²) in [5.74, 6) is -1.78. The molecule has 0 aliphatic heterocycles. The predicted molar refractivity (Wildman–Crippen MR) is 118 cm³/mol. The lowest BCUT2D eigenvalue weighted by molar-refractivity contribution is -0.136. The van der Waals surface area contributed by atoms with Crippen molar-refractivity contribution in [3.8, 4) is 5.75 Å². The van der Waals surface area contributed by atoms with Gasteiger partial charge in [0.2, 0.25) is 0 Å². The number of carbonyl (C=O) groups excluding carboxylic acids is 3. The van der Waals surface area contributed by atoms with Gasteiger partial charge in [-0.2, -0.15) is 5.10 Å². The van der Waals surface area contributed by atoms with Crippen molar-refractivity contribution in [2.45, 2.75) is 13.3 Å². The van der Waals surface area contributed by atoms with Gasteiger partial charge in [0.05, 0.1) is 11.8 Å². The number of aryl methyl sites for hydroxylation is 1. The number of nitrogens with one attached hydrogen (secondary N) is 2. The van der Waals surface area contributed by atoms with Gasteiger partial charge in [0, 0.05) is 5.69 Å². The van der Waals surface area contributed by atoms with E-state index in [0.717, 1.165) is 12.0 Å². The van der Waals surface area contributed by atoms with Crippen LogP contribution in [-0.2, 0) is 16.0 Å². The molecule has 0 unspecified atom stereocenters. The van der Waals surface area contributed by atoms with Crippen molar-refractivity contribution >= 4 is 29.7 Å². The molecular formula is C24H21N3O4. The Bertz CT molecular complexity index is 1080. The number of ether oxygens (including phenoxy) is 1. The van der Waals surface area contributed by atoms with Crippen LogP contribution in [0.25, 0.3) is 0 Å². The summed E-state index contributed by atoms with van der Waals surface area (Å²) < 4.78 is 5.29. The topological polar surface area (TPSA) is 96.9 Å². The van der Waals surface area contributed by atoms with Crippen molar-refractivity contribution in [3.63, 3.8) is 0 Å². The molecule has 0 atom stereocenters. The van der Waals surface area contributed by atoms with Crippen molar-refractivity contribution in [1.29, 1.82) is 0 Å². The Balaban J connectivity index is 1.49. The third-order valence-electron chi connectivity index (χ3n) is 4.31. The molecule has 3 aromatic rings. The molecule has 0 spiro atoms. The summed E-state index contributed by atoms with van der Waals surface area (Å²) in [5.41, 5.74) is 4.94. The van der Waals surface area contributed by atoms with E-state index in [1.807, 2.05) is 25.1 Å². The molecule has 3 aromatic carbocycles. The fourth-order valence-corrected chi connectivity index (χ4v) is 2.59. The van der Waals surface area contributed by atoms with Gasteiger partial charge >= 0.3 is 17.8 Å². The lowest BCUT2D eigenvalue weighted by Gasteiger charge is -2.05. The minimum Gasteiger partial charge on any atom is -0.423 e. The summed E-state index contributed by atoms with van der Waals surface area (Å²) >= 11 is 0. The van der Waals surface area contributed by atoms with Crippen molar-refractivity contribution in [1.82, 2.24) is 5.43 Å². The normalized spacial score (nSPS) is 10.5. The maximum absolute atomic E-state index is 12.0. The number of rotatable bonds is 6. The summed E-state index contributed by atoms with van der Waals surface area (Å²) in [6, 6.07) is 22.4. The highest BCUT2D eigenvalue weighted by Crippen LogP contribution is 2.14. The van der Waals surface area contributed by atoms with Crippen molar-refractivity contribution in [2.24, 2.45) is 5.10 Å². The summed E-state index contributed by atoms with van der Waals surface area (Å²) in [5, 5.41) is 6.28. The first kappa shape index (κ1) is 21.4. The molecule has 0 fully saturated rings. The van der Waals surface area contributed by atoms with Crippen molar-refractivity contribution in [3.05, 3.63) is 95.6 Å². The highest BCUT2D eigenvalue weighted by Gasteiger charge is 2.12. The van der Waals surface area contributed by atoms with E-state index in [1.165, 1.54) is 6.21 Å². The molecule has 0 aromatic heterocycles. The quantitative estimate of drug-likeness (QED) is 0.212. The van der Waals surface area contributed by atoms with E-state index < -0.39 is 17.8 Å². The number of hydrogen-bond acceptors (Lipinski definition) is 5. The molecule has 2 amide bonds. The van der Waals surface area contributed by atoms with Gasteiger partial charge < -0.3 is 10.1 Å². The number of nitrogens with zero attached hydrogens (tertiary/aromatic N) is 1. The average molecular weight is 415 g/mol. The second-order valence-corrected chi connectivity index (χ2v) is 6.53. The monoisotopic (exact) mass is 415 g/mol. The molecule has 0 heterocycles. The van der Waals surface area contributed by atoms with Gasteiger partial charge in [-0.3, -0.25) is 9.59 Å². The van der Waals surface area contributed by atoms with Gasteiger partial charge in [-0.05, 0) is 66.1 Å². The van der Waals surface area contributed by atoms with Crippen LogP contribution in [0.5, 0.6) is 5.75 Å². The Hall–Kier alpha value is -4.26. The maximum Gasteiger partial charge on any atom is 0.343 e. The maximum atomic E-state index is 12.0. The van der Waals surface area contributed by atoms with Crippen LogP contribution in [0.1, 0.15) is 28.4 Å². The fourth-order valence-electron chi connectivity index (χ4n) is 2.59. The first-order valence-electron chi connectivity index (χ1n) is 9.66. The van der Waals surface area contributed by atoms with Gasteiger partial charge in [-0.25, -0.2) is 10.2 Å². The number of hydrazone groups is 1. The minimum atomic E-state index is -0.885. The SMILES string of the molecule is CCc1ccc(NC(=O)C(=O)N/N=C\c2ccc(OC(=O)c3ccccc3)cc2)cc1. The molecule has 0 radical (unpaired) electrons. The number of benzene rings is 3. The molecule has 7 nitrogen and oxygen atoms in total. The van der Waals surface area contributed by atoms with Crippen LogP contribution in [0.4, 0.5) is 5.69 Å². The summed E-state index contributed by atoms with van der Waals surface area (Å²) in [4.78, 5) is 35.8. The van der Waals surface area contributed by atoms with Crippen molar-refractivity contribution in [2.75, 3.05) is 5.32 Å². The molecule has 0 saturated heterocycles. The molecule has 156 valence electrons. The first-order valence-corrected chi connectivity index (χ1v) is 9.66. The zero-order valence-electron chi connectivity index (χ0n) is 16.9. The van der Waals surface area contributed by atoms with Crippen LogP contribution >= 0.6 is 0 Å². The number of esters is 1. The Morgan fingerprint density at radius 3 is 2.19 bits per heavy atom. The molecule has 31 heavy (non-hydrogen) atoms.